The lowest BCUT2D eigenvalue weighted by Crippen LogP contribution is -2.17. The predicted octanol–water partition coefficient (Wildman–Crippen LogP) is 2.66. The minimum atomic E-state index is 0.215. The largest absolute Gasteiger partial charge is 0.361 e. The van der Waals surface area contributed by atoms with Crippen LogP contribution in [0, 0.1) is 3.57 Å². The van der Waals surface area contributed by atoms with E-state index < -0.39 is 0 Å². The topological polar surface area (TPSA) is 41.8 Å². The number of H-pyrrole nitrogens is 1. The van der Waals surface area contributed by atoms with Crippen molar-refractivity contribution in [2.24, 2.45) is 5.73 Å². The van der Waals surface area contributed by atoms with E-state index in [1.54, 1.807) is 0 Å². The van der Waals surface area contributed by atoms with E-state index in [9.17, 15) is 0 Å². The normalized spacial score (nSPS) is 13.4. The van der Waals surface area contributed by atoms with E-state index in [0.29, 0.717) is 0 Å². The Morgan fingerprint density at radius 1 is 1.50 bits per heavy atom. The summed E-state index contributed by atoms with van der Waals surface area (Å²) in [5, 5.41) is 1.30. The summed E-state index contributed by atoms with van der Waals surface area (Å²) in [7, 11) is 0. The van der Waals surface area contributed by atoms with Crippen molar-refractivity contribution in [2.75, 3.05) is 0 Å². The molecule has 1 aromatic heterocycles. The summed E-state index contributed by atoms with van der Waals surface area (Å²) in [6.45, 7) is 2.03. The molecule has 1 aromatic carbocycles. The van der Waals surface area contributed by atoms with Crippen LogP contribution in [-0.2, 0) is 6.42 Å². The van der Waals surface area contributed by atoms with Crippen LogP contribution >= 0.6 is 22.6 Å². The van der Waals surface area contributed by atoms with Gasteiger partial charge in [-0.3, -0.25) is 0 Å². The van der Waals surface area contributed by atoms with Gasteiger partial charge < -0.3 is 10.7 Å². The summed E-state index contributed by atoms with van der Waals surface area (Å²) in [5.74, 6) is 0. The second kappa shape index (κ2) is 3.90. The Morgan fingerprint density at radius 2 is 2.29 bits per heavy atom. The quantitative estimate of drug-likeness (QED) is 0.823. The molecule has 0 aliphatic rings. The Kier molecular flexibility index (Phi) is 2.78. The number of nitrogens with two attached hydrogens (primary N) is 1. The van der Waals surface area contributed by atoms with Crippen molar-refractivity contribution in [2.45, 2.75) is 19.4 Å². The van der Waals surface area contributed by atoms with E-state index in [2.05, 4.69) is 52.0 Å². The van der Waals surface area contributed by atoms with E-state index in [0.717, 1.165) is 6.42 Å². The zero-order valence-corrected chi connectivity index (χ0v) is 10.2. The number of nitrogens with one attached hydrogen (secondary N) is 1. The maximum absolute atomic E-state index is 5.80. The van der Waals surface area contributed by atoms with Crippen LogP contribution in [0.25, 0.3) is 10.9 Å². The fourth-order valence-electron chi connectivity index (χ4n) is 1.67. The Balaban J connectivity index is 2.50. The summed E-state index contributed by atoms with van der Waals surface area (Å²) in [5.41, 5.74) is 8.31. The van der Waals surface area contributed by atoms with Crippen LogP contribution in [0.3, 0.4) is 0 Å². The van der Waals surface area contributed by atoms with Gasteiger partial charge in [0.25, 0.3) is 0 Å². The lowest BCUT2D eigenvalue weighted by atomic mass is 10.1. The average Bonchev–Trinajstić information content (AvgIpc) is 2.47. The molecule has 3 N–H and O–H groups in total. The third-order valence-corrected chi connectivity index (χ3v) is 2.94. The number of halogens is 1. The average molecular weight is 300 g/mol. The third kappa shape index (κ3) is 1.93. The molecular formula is C11H13IN2. The molecule has 0 aliphatic heterocycles. The van der Waals surface area contributed by atoms with Crippen LogP contribution in [0.2, 0.25) is 0 Å². The first kappa shape index (κ1) is 9.98. The fraction of sp³-hybridized carbons (Fsp3) is 0.273. The first-order valence-corrected chi connectivity index (χ1v) is 5.76. The van der Waals surface area contributed by atoms with Crippen LogP contribution in [0.5, 0.6) is 0 Å². The third-order valence-electron chi connectivity index (χ3n) is 2.27. The molecule has 3 heteroatoms. The number of benzene rings is 1. The summed E-state index contributed by atoms with van der Waals surface area (Å²) in [6.07, 6.45) is 2.99. The summed E-state index contributed by atoms with van der Waals surface area (Å²) in [4.78, 5) is 3.26. The van der Waals surface area contributed by atoms with Crippen molar-refractivity contribution in [1.29, 1.82) is 0 Å². The van der Waals surface area contributed by atoms with Crippen LogP contribution < -0.4 is 5.73 Å². The SMILES string of the molecule is C[C@@H](N)Cc1c[nH]c2ccc(I)cc12. The lowest BCUT2D eigenvalue weighted by Gasteiger charge is -2.03. The van der Waals surface area contributed by atoms with Crippen LogP contribution in [0.4, 0.5) is 0 Å². The van der Waals surface area contributed by atoms with Crippen molar-refractivity contribution >= 4 is 33.5 Å². The zero-order valence-electron chi connectivity index (χ0n) is 8.05. The highest BCUT2D eigenvalue weighted by Crippen LogP contribution is 2.21. The van der Waals surface area contributed by atoms with Gasteiger partial charge in [0.2, 0.25) is 0 Å². The van der Waals surface area contributed by atoms with Gasteiger partial charge in [0.1, 0.15) is 0 Å². The molecular weight excluding hydrogens is 287 g/mol. The molecule has 14 heavy (non-hydrogen) atoms. The maximum atomic E-state index is 5.80. The second-order valence-electron chi connectivity index (χ2n) is 3.69. The molecule has 0 aliphatic carbocycles. The maximum Gasteiger partial charge on any atom is 0.0457 e. The van der Waals surface area contributed by atoms with Gasteiger partial charge >= 0.3 is 0 Å². The Morgan fingerprint density at radius 3 is 3.00 bits per heavy atom. The Hall–Kier alpha value is -0.550. The van der Waals surface area contributed by atoms with E-state index >= 15 is 0 Å². The molecule has 0 radical (unpaired) electrons. The molecule has 0 saturated carbocycles. The van der Waals surface area contributed by atoms with Crippen molar-refractivity contribution in [1.82, 2.24) is 4.98 Å². The molecule has 0 amide bonds. The monoisotopic (exact) mass is 300 g/mol. The minimum absolute atomic E-state index is 0.215. The predicted molar refractivity (Wildman–Crippen MR) is 68.4 cm³/mol. The zero-order chi connectivity index (χ0) is 10.1. The first-order chi connectivity index (χ1) is 6.66. The molecule has 0 unspecified atom stereocenters. The van der Waals surface area contributed by atoms with Gasteiger partial charge in [-0.25, -0.2) is 0 Å². The molecule has 1 heterocycles. The molecule has 0 bridgehead atoms. The number of hydrogen-bond acceptors (Lipinski definition) is 1. The van der Waals surface area contributed by atoms with E-state index in [1.165, 1.54) is 20.0 Å². The molecule has 0 saturated heterocycles. The summed E-state index contributed by atoms with van der Waals surface area (Å²) < 4.78 is 1.26. The van der Waals surface area contributed by atoms with Crippen LogP contribution in [0.1, 0.15) is 12.5 Å². The fourth-order valence-corrected chi connectivity index (χ4v) is 2.16. The Labute approximate surface area is 97.0 Å². The van der Waals surface area contributed by atoms with Crippen molar-refractivity contribution in [3.63, 3.8) is 0 Å². The van der Waals surface area contributed by atoms with Crippen molar-refractivity contribution in [3.05, 3.63) is 33.5 Å². The van der Waals surface area contributed by atoms with E-state index in [-0.39, 0.29) is 6.04 Å². The number of fused-ring (bicyclic) bond motifs is 1. The van der Waals surface area contributed by atoms with Gasteiger partial charge in [0.05, 0.1) is 0 Å². The highest BCUT2D eigenvalue weighted by Gasteiger charge is 2.05. The highest BCUT2D eigenvalue weighted by atomic mass is 127. The second-order valence-corrected chi connectivity index (χ2v) is 4.93. The smallest absolute Gasteiger partial charge is 0.0457 e. The van der Waals surface area contributed by atoms with Gasteiger partial charge in [-0.05, 0) is 59.7 Å². The molecule has 1 atom stereocenters. The molecule has 74 valence electrons. The molecule has 0 spiro atoms. The van der Waals surface area contributed by atoms with Gasteiger partial charge in [0, 0.05) is 26.7 Å². The molecule has 2 nitrogen and oxygen atoms in total. The van der Waals surface area contributed by atoms with Gasteiger partial charge in [0.15, 0.2) is 0 Å². The van der Waals surface area contributed by atoms with Crippen LogP contribution in [-0.4, -0.2) is 11.0 Å². The summed E-state index contributed by atoms with van der Waals surface area (Å²) in [6, 6.07) is 6.63. The van der Waals surface area contributed by atoms with Gasteiger partial charge in [-0.2, -0.15) is 0 Å². The number of aromatic nitrogens is 1. The van der Waals surface area contributed by atoms with Crippen molar-refractivity contribution in [3.8, 4) is 0 Å². The standard InChI is InChI=1S/C11H13IN2/c1-7(13)4-8-6-14-11-3-2-9(12)5-10(8)11/h2-3,5-7,14H,4,13H2,1H3/t7-/m1/s1. The lowest BCUT2D eigenvalue weighted by molar-refractivity contribution is 0.741. The van der Waals surface area contributed by atoms with Gasteiger partial charge in [-0.15, -0.1) is 0 Å². The highest BCUT2D eigenvalue weighted by molar-refractivity contribution is 14.1. The Bertz CT molecular complexity index is 445. The number of aromatic amines is 1. The van der Waals surface area contributed by atoms with E-state index in [1.807, 2.05) is 6.92 Å². The summed E-state index contributed by atoms with van der Waals surface area (Å²) >= 11 is 2.33. The minimum Gasteiger partial charge on any atom is -0.361 e. The van der Waals surface area contributed by atoms with Gasteiger partial charge in [-0.1, -0.05) is 0 Å². The molecule has 2 aromatic rings. The first-order valence-electron chi connectivity index (χ1n) is 4.68. The number of hydrogen-bond donors (Lipinski definition) is 2. The van der Waals surface area contributed by atoms with E-state index in [4.69, 9.17) is 5.73 Å². The number of rotatable bonds is 2. The van der Waals surface area contributed by atoms with Crippen molar-refractivity contribution < 1.29 is 0 Å². The molecule has 0 fully saturated rings. The van der Waals surface area contributed by atoms with Crippen LogP contribution in [0.15, 0.2) is 24.4 Å². The molecule has 2 rings (SSSR count).